The molecule has 0 unspecified atom stereocenters. The molecule has 0 fully saturated rings. The lowest BCUT2D eigenvalue weighted by molar-refractivity contribution is 0.0468. The molecule has 0 heterocycles. The second kappa shape index (κ2) is 6.50. The SMILES string of the molecule is COCOc1c(SC)ccc(OC)c1OC. The van der Waals surface area contributed by atoms with E-state index < -0.39 is 0 Å². The number of hydrogen-bond donors (Lipinski definition) is 0. The van der Waals surface area contributed by atoms with Crippen molar-refractivity contribution in [2.75, 3.05) is 34.4 Å². The number of ether oxygens (including phenoxy) is 4. The number of benzene rings is 1. The lowest BCUT2D eigenvalue weighted by atomic mass is 10.3. The van der Waals surface area contributed by atoms with E-state index in [1.54, 1.807) is 33.1 Å². The third kappa shape index (κ3) is 2.74. The van der Waals surface area contributed by atoms with Gasteiger partial charge in [-0.05, 0) is 18.4 Å². The van der Waals surface area contributed by atoms with Crippen LogP contribution < -0.4 is 14.2 Å². The topological polar surface area (TPSA) is 36.9 Å². The van der Waals surface area contributed by atoms with Crippen molar-refractivity contribution < 1.29 is 18.9 Å². The van der Waals surface area contributed by atoms with E-state index in [2.05, 4.69) is 0 Å². The Hall–Kier alpha value is -1.07. The van der Waals surface area contributed by atoms with Crippen molar-refractivity contribution in [3.05, 3.63) is 12.1 Å². The van der Waals surface area contributed by atoms with Gasteiger partial charge >= 0.3 is 0 Å². The molecule has 5 heteroatoms. The van der Waals surface area contributed by atoms with E-state index in [1.807, 2.05) is 18.4 Å². The molecule has 4 nitrogen and oxygen atoms in total. The fourth-order valence-corrected chi connectivity index (χ4v) is 1.84. The van der Waals surface area contributed by atoms with E-state index in [0.717, 1.165) is 4.90 Å². The van der Waals surface area contributed by atoms with Crippen LogP contribution in [-0.4, -0.2) is 34.4 Å². The average molecular weight is 244 g/mol. The molecule has 1 aromatic carbocycles. The van der Waals surface area contributed by atoms with E-state index >= 15 is 0 Å². The zero-order valence-corrected chi connectivity index (χ0v) is 10.7. The van der Waals surface area contributed by atoms with Gasteiger partial charge in [-0.3, -0.25) is 0 Å². The van der Waals surface area contributed by atoms with Crippen molar-refractivity contribution >= 4 is 11.8 Å². The Bertz CT molecular complexity index is 341. The maximum atomic E-state index is 5.49. The van der Waals surface area contributed by atoms with E-state index in [9.17, 15) is 0 Å². The Morgan fingerprint density at radius 1 is 1.06 bits per heavy atom. The molecule has 0 radical (unpaired) electrons. The van der Waals surface area contributed by atoms with Gasteiger partial charge in [0.1, 0.15) is 0 Å². The van der Waals surface area contributed by atoms with E-state index in [-0.39, 0.29) is 6.79 Å². The Kier molecular flexibility index (Phi) is 5.28. The first kappa shape index (κ1) is 13.0. The van der Waals surface area contributed by atoms with Gasteiger partial charge in [-0.2, -0.15) is 0 Å². The fourth-order valence-electron chi connectivity index (χ4n) is 1.30. The third-order valence-electron chi connectivity index (χ3n) is 2.00. The summed E-state index contributed by atoms with van der Waals surface area (Å²) in [5.74, 6) is 1.88. The van der Waals surface area contributed by atoms with Crippen LogP contribution in [0.1, 0.15) is 0 Å². The molecule has 0 saturated carbocycles. The van der Waals surface area contributed by atoms with Gasteiger partial charge in [-0.1, -0.05) is 0 Å². The highest BCUT2D eigenvalue weighted by atomic mass is 32.2. The van der Waals surface area contributed by atoms with Gasteiger partial charge in [-0.15, -0.1) is 11.8 Å². The van der Waals surface area contributed by atoms with Crippen LogP contribution in [0.25, 0.3) is 0 Å². The Labute approximate surface area is 99.8 Å². The summed E-state index contributed by atoms with van der Waals surface area (Å²) < 4.78 is 20.9. The smallest absolute Gasteiger partial charge is 0.204 e. The molecule has 0 atom stereocenters. The van der Waals surface area contributed by atoms with Crippen molar-refractivity contribution in [1.29, 1.82) is 0 Å². The first-order chi connectivity index (χ1) is 7.78. The molecule has 0 aromatic heterocycles. The van der Waals surface area contributed by atoms with E-state index in [0.29, 0.717) is 17.2 Å². The molecular weight excluding hydrogens is 228 g/mol. The van der Waals surface area contributed by atoms with Gasteiger partial charge in [0.25, 0.3) is 0 Å². The van der Waals surface area contributed by atoms with Gasteiger partial charge in [0.15, 0.2) is 18.3 Å². The summed E-state index contributed by atoms with van der Waals surface area (Å²) in [6, 6.07) is 3.78. The predicted molar refractivity (Wildman–Crippen MR) is 63.8 cm³/mol. The van der Waals surface area contributed by atoms with Crippen LogP contribution in [0.2, 0.25) is 0 Å². The zero-order chi connectivity index (χ0) is 12.0. The van der Waals surface area contributed by atoms with Crippen molar-refractivity contribution in [3.8, 4) is 17.2 Å². The monoisotopic (exact) mass is 244 g/mol. The summed E-state index contributed by atoms with van der Waals surface area (Å²) in [6.45, 7) is 0.178. The molecule has 1 rings (SSSR count). The molecule has 0 aliphatic rings. The lowest BCUT2D eigenvalue weighted by Crippen LogP contribution is -2.03. The Morgan fingerprint density at radius 3 is 2.31 bits per heavy atom. The first-order valence-electron chi connectivity index (χ1n) is 4.69. The molecule has 0 bridgehead atoms. The fraction of sp³-hybridized carbons (Fsp3) is 0.455. The summed E-state index contributed by atoms with van der Waals surface area (Å²) in [7, 11) is 4.75. The highest BCUT2D eigenvalue weighted by molar-refractivity contribution is 7.98. The Morgan fingerprint density at radius 2 is 1.81 bits per heavy atom. The van der Waals surface area contributed by atoms with Crippen LogP contribution in [0, 0.1) is 0 Å². The number of thioether (sulfide) groups is 1. The molecule has 16 heavy (non-hydrogen) atoms. The molecule has 0 amide bonds. The minimum absolute atomic E-state index is 0.178. The van der Waals surface area contributed by atoms with Crippen molar-refractivity contribution in [2.24, 2.45) is 0 Å². The van der Waals surface area contributed by atoms with Crippen LogP contribution in [0.5, 0.6) is 17.2 Å². The zero-order valence-electron chi connectivity index (χ0n) is 9.90. The second-order valence-corrected chi connectivity index (χ2v) is 3.73. The standard InChI is InChI=1S/C11H16O4S/c1-12-7-15-11-9(16-4)6-5-8(13-2)10(11)14-3/h5-6H,7H2,1-4H3. The van der Waals surface area contributed by atoms with Crippen LogP contribution in [0.3, 0.4) is 0 Å². The van der Waals surface area contributed by atoms with Crippen molar-refractivity contribution in [1.82, 2.24) is 0 Å². The quantitative estimate of drug-likeness (QED) is 0.567. The van der Waals surface area contributed by atoms with Crippen LogP contribution in [-0.2, 0) is 4.74 Å². The normalized spacial score (nSPS) is 10.0. The maximum Gasteiger partial charge on any atom is 0.204 e. The van der Waals surface area contributed by atoms with Crippen LogP contribution in [0.4, 0.5) is 0 Å². The molecule has 1 aromatic rings. The molecule has 0 aliphatic carbocycles. The molecule has 0 aliphatic heterocycles. The van der Waals surface area contributed by atoms with E-state index in [1.165, 1.54) is 0 Å². The molecule has 0 N–H and O–H groups in total. The number of rotatable bonds is 6. The number of methoxy groups -OCH3 is 3. The van der Waals surface area contributed by atoms with Gasteiger partial charge in [0, 0.05) is 7.11 Å². The average Bonchev–Trinajstić information content (AvgIpc) is 2.34. The summed E-state index contributed by atoms with van der Waals surface area (Å²) >= 11 is 1.58. The van der Waals surface area contributed by atoms with Gasteiger partial charge in [-0.25, -0.2) is 0 Å². The summed E-state index contributed by atoms with van der Waals surface area (Å²) in [5.41, 5.74) is 0. The van der Waals surface area contributed by atoms with Crippen molar-refractivity contribution in [2.45, 2.75) is 4.90 Å². The van der Waals surface area contributed by atoms with E-state index in [4.69, 9.17) is 18.9 Å². The second-order valence-electron chi connectivity index (χ2n) is 2.88. The molecule has 0 spiro atoms. The molecule has 0 saturated heterocycles. The van der Waals surface area contributed by atoms with Gasteiger partial charge < -0.3 is 18.9 Å². The molecular formula is C11H16O4S. The minimum atomic E-state index is 0.178. The first-order valence-corrected chi connectivity index (χ1v) is 5.91. The van der Waals surface area contributed by atoms with Crippen LogP contribution >= 0.6 is 11.8 Å². The van der Waals surface area contributed by atoms with Crippen LogP contribution in [0.15, 0.2) is 17.0 Å². The Balaban J connectivity index is 3.14. The number of hydrogen-bond acceptors (Lipinski definition) is 5. The maximum absolute atomic E-state index is 5.49. The predicted octanol–water partition coefficient (Wildman–Crippen LogP) is 2.41. The highest BCUT2D eigenvalue weighted by Crippen LogP contribution is 2.43. The summed E-state index contributed by atoms with van der Waals surface area (Å²) in [5, 5.41) is 0. The summed E-state index contributed by atoms with van der Waals surface area (Å²) in [6.07, 6.45) is 1.97. The molecule has 90 valence electrons. The minimum Gasteiger partial charge on any atom is -0.493 e. The van der Waals surface area contributed by atoms with Gasteiger partial charge in [0.2, 0.25) is 5.75 Å². The lowest BCUT2D eigenvalue weighted by Gasteiger charge is -2.15. The van der Waals surface area contributed by atoms with Gasteiger partial charge in [0.05, 0.1) is 19.1 Å². The van der Waals surface area contributed by atoms with Crippen molar-refractivity contribution in [3.63, 3.8) is 0 Å². The largest absolute Gasteiger partial charge is 0.493 e. The highest BCUT2D eigenvalue weighted by Gasteiger charge is 2.15. The summed E-state index contributed by atoms with van der Waals surface area (Å²) in [4.78, 5) is 0.981. The third-order valence-corrected chi connectivity index (χ3v) is 2.77.